The van der Waals surface area contributed by atoms with Crippen molar-refractivity contribution in [3.8, 4) is 0 Å². The lowest BCUT2D eigenvalue weighted by molar-refractivity contribution is 0.111. The zero-order valence-electron chi connectivity index (χ0n) is 7.68. The van der Waals surface area contributed by atoms with Crippen LogP contribution in [0.5, 0.6) is 0 Å². The van der Waals surface area contributed by atoms with Gasteiger partial charge in [0, 0.05) is 13.0 Å². The fraction of sp³-hybridized carbons (Fsp3) is 0.444. The summed E-state index contributed by atoms with van der Waals surface area (Å²) in [5.41, 5.74) is 0.452. The summed E-state index contributed by atoms with van der Waals surface area (Å²) in [6, 6.07) is 0. The second kappa shape index (κ2) is 2.67. The standard InChI is InChI=1S/C9H10N4O/c14-6-7-5-13-9(10-7)11-8-3-1-2-4-12(8)13/h5-6H,1-4H2. The van der Waals surface area contributed by atoms with Gasteiger partial charge >= 0.3 is 0 Å². The zero-order valence-corrected chi connectivity index (χ0v) is 7.68. The monoisotopic (exact) mass is 190 g/mol. The van der Waals surface area contributed by atoms with Crippen LogP contribution in [0.1, 0.15) is 29.2 Å². The largest absolute Gasteiger partial charge is 0.296 e. The molecule has 5 nitrogen and oxygen atoms in total. The van der Waals surface area contributed by atoms with Gasteiger partial charge in [-0.15, -0.1) is 0 Å². The molecule has 0 spiro atoms. The zero-order chi connectivity index (χ0) is 9.54. The van der Waals surface area contributed by atoms with E-state index in [1.54, 1.807) is 6.20 Å². The van der Waals surface area contributed by atoms with Crippen molar-refractivity contribution in [2.75, 3.05) is 0 Å². The summed E-state index contributed by atoms with van der Waals surface area (Å²) in [7, 11) is 0. The fourth-order valence-corrected chi connectivity index (χ4v) is 1.95. The fourth-order valence-electron chi connectivity index (χ4n) is 1.95. The van der Waals surface area contributed by atoms with Crippen LogP contribution in [-0.4, -0.2) is 25.5 Å². The van der Waals surface area contributed by atoms with Crippen molar-refractivity contribution in [2.45, 2.75) is 25.8 Å². The molecule has 0 bridgehead atoms. The molecular weight excluding hydrogens is 180 g/mol. The Balaban J connectivity index is 2.26. The molecule has 3 rings (SSSR count). The Morgan fingerprint density at radius 3 is 3.14 bits per heavy atom. The Labute approximate surface area is 80.4 Å². The lowest BCUT2D eigenvalue weighted by atomic mass is 10.2. The van der Waals surface area contributed by atoms with Crippen LogP contribution in [0.4, 0.5) is 0 Å². The van der Waals surface area contributed by atoms with Gasteiger partial charge in [-0.2, -0.15) is 4.98 Å². The highest BCUT2D eigenvalue weighted by Gasteiger charge is 2.15. The predicted molar refractivity (Wildman–Crippen MR) is 49.3 cm³/mol. The Bertz CT molecular complexity index is 496. The number of nitrogens with zero attached hydrogens (tertiary/aromatic N) is 4. The molecule has 1 aliphatic rings. The van der Waals surface area contributed by atoms with Crippen molar-refractivity contribution < 1.29 is 4.79 Å². The Kier molecular flexibility index (Phi) is 1.47. The highest BCUT2D eigenvalue weighted by Crippen LogP contribution is 2.15. The summed E-state index contributed by atoms with van der Waals surface area (Å²) < 4.78 is 3.97. The van der Waals surface area contributed by atoms with Crippen molar-refractivity contribution in [2.24, 2.45) is 0 Å². The van der Waals surface area contributed by atoms with E-state index in [1.807, 2.05) is 4.52 Å². The molecule has 0 aliphatic carbocycles. The molecule has 0 saturated heterocycles. The summed E-state index contributed by atoms with van der Waals surface area (Å²) in [6.07, 6.45) is 5.88. The molecule has 0 saturated carbocycles. The number of carbonyl (C=O) groups excluding carboxylic acids is 1. The molecule has 0 N–H and O–H groups in total. The predicted octanol–water partition coefficient (Wildman–Crippen LogP) is 0.680. The second-order valence-electron chi connectivity index (χ2n) is 3.54. The molecule has 0 amide bonds. The SMILES string of the molecule is O=Cc1cn2c(n1)nc1n2CCCC1. The molecule has 0 aromatic carbocycles. The number of aryl methyl sites for hydroxylation is 2. The van der Waals surface area contributed by atoms with Crippen LogP contribution in [0.15, 0.2) is 6.20 Å². The first-order chi connectivity index (χ1) is 6.88. The maximum absolute atomic E-state index is 10.5. The lowest BCUT2D eigenvalue weighted by Gasteiger charge is -2.13. The summed E-state index contributed by atoms with van der Waals surface area (Å²) in [4.78, 5) is 19.0. The van der Waals surface area contributed by atoms with Gasteiger partial charge in [-0.1, -0.05) is 0 Å². The minimum absolute atomic E-state index is 0.452. The molecular formula is C9H10N4O. The first-order valence-electron chi connectivity index (χ1n) is 4.78. The number of carbonyl (C=O) groups is 1. The van der Waals surface area contributed by atoms with Crippen molar-refractivity contribution >= 4 is 12.1 Å². The van der Waals surface area contributed by atoms with Crippen molar-refractivity contribution in [1.82, 2.24) is 19.2 Å². The Morgan fingerprint density at radius 1 is 1.36 bits per heavy atom. The molecule has 2 aromatic heterocycles. The van der Waals surface area contributed by atoms with Gasteiger partial charge in [0.2, 0.25) is 0 Å². The summed E-state index contributed by atoms with van der Waals surface area (Å²) in [6.45, 7) is 0.973. The van der Waals surface area contributed by atoms with Gasteiger partial charge in [0.25, 0.3) is 5.78 Å². The van der Waals surface area contributed by atoms with Crippen LogP contribution >= 0.6 is 0 Å². The molecule has 0 unspecified atom stereocenters. The van der Waals surface area contributed by atoms with Crippen LogP contribution in [0.25, 0.3) is 5.78 Å². The molecule has 3 heterocycles. The van der Waals surface area contributed by atoms with Crippen LogP contribution in [0.2, 0.25) is 0 Å². The van der Waals surface area contributed by atoms with Gasteiger partial charge in [0.15, 0.2) is 6.29 Å². The third-order valence-corrected chi connectivity index (χ3v) is 2.62. The van der Waals surface area contributed by atoms with Crippen LogP contribution in [-0.2, 0) is 13.0 Å². The minimum atomic E-state index is 0.452. The van der Waals surface area contributed by atoms with E-state index in [2.05, 4.69) is 14.6 Å². The first kappa shape index (κ1) is 7.73. The van der Waals surface area contributed by atoms with Crippen LogP contribution in [0.3, 0.4) is 0 Å². The van der Waals surface area contributed by atoms with Gasteiger partial charge in [-0.3, -0.25) is 9.48 Å². The number of imidazole rings is 1. The maximum atomic E-state index is 10.5. The third-order valence-electron chi connectivity index (χ3n) is 2.62. The number of aromatic nitrogens is 4. The van der Waals surface area contributed by atoms with Crippen molar-refractivity contribution in [3.63, 3.8) is 0 Å². The topological polar surface area (TPSA) is 52.2 Å². The summed E-state index contributed by atoms with van der Waals surface area (Å²) in [5, 5.41) is 0. The van der Waals surface area contributed by atoms with E-state index in [0.717, 1.165) is 25.1 Å². The van der Waals surface area contributed by atoms with E-state index in [0.29, 0.717) is 11.5 Å². The minimum Gasteiger partial charge on any atom is -0.296 e. The lowest BCUT2D eigenvalue weighted by Crippen LogP contribution is -2.14. The molecule has 1 aliphatic heterocycles. The molecule has 14 heavy (non-hydrogen) atoms. The molecule has 2 aromatic rings. The van der Waals surface area contributed by atoms with Gasteiger partial charge < -0.3 is 0 Å². The molecule has 0 radical (unpaired) electrons. The van der Waals surface area contributed by atoms with E-state index >= 15 is 0 Å². The molecule has 5 heteroatoms. The van der Waals surface area contributed by atoms with E-state index in [-0.39, 0.29) is 0 Å². The third kappa shape index (κ3) is 0.921. The van der Waals surface area contributed by atoms with Crippen molar-refractivity contribution in [1.29, 1.82) is 0 Å². The Hall–Kier alpha value is -1.65. The van der Waals surface area contributed by atoms with E-state index < -0.39 is 0 Å². The van der Waals surface area contributed by atoms with E-state index in [9.17, 15) is 4.79 Å². The number of fused-ring (bicyclic) bond motifs is 3. The van der Waals surface area contributed by atoms with Gasteiger partial charge in [-0.05, 0) is 12.8 Å². The molecule has 72 valence electrons. The average Bonchev–Trinajstić information content (AvgIpc) is 2.73. The van der Waals surface area contributed by atoms with Gasteiger partial charge in [0.1, 0.15) is 11.5 Å². The average molecular weight is 190 g/mol. The number of rotatable bonds is 1. The van der Waals surface area contributed by atoms with Gasteiger partial charge in [-0.25, -0.2) is 9.50 Å². The number of aldehydes is 1. The van der Waals surface area contributed by atoms with Gasteiger partial charge in [0.05, 0.1) is 6.20 Å². The van der Waals surface area contributed by atoms with Crippen LogP contribution < -0.4 is 0 Å². The molecule has 0 atom stereocenters. The molecule has 0 fully saturated rings. The summed E-state index contributed by atoms with van der Waals surface area (Å²) >= 11 is 0. The highest BCUT2D eigenvalue weighted by atomic mass is 16.1. The van der Waals surface area contributed by atoms with Crippen molar-refractivity contribution in [3.05, 3.63) is 17.7 Å². The van der Waals surface area contributed by atoms with E-state index in [4.69, 9.17) is 0 Å². The maximum Gasteiger partial charge on any atom is 0.251 e. The first-order valence-corrected chi connectivity index (χ1v) is 4.78. The highest BCUT2D eigenvalue weighted by molar-refractivity contribution is 5.72. The van der Waals surface area contributed by atoms with Crippen LogP contribution in [0, 0.1) is 0 Å². The smallest absolute Gasteiger partial charge is 0.251 e. The Morgan fingerprint density at radius 2 is 2.29 bits per heavy atom. The normalized spacial score (nSPS) is 15.7. The number of hydrogen-bond acceptors (Lipinski definition) is 3. The second-order valence-corrected chi connectivity index (χ2v) is 3.54. The summed E-state index contributed by atoms with van der Waals surface area (Å²) in [5.74, 6) is 1.72. The van der Waals surface area contributed by atoms with E-state index in [1.165, 1.54) is 12.8 Å². The number of hydrogen-bond donors (Lipinski definition) is 0. The quantitative estimate of drug-likeness (QED) is 0.621.